The Balaban J connectivity index is 2.17. The standard InChI is InChI=1S/C14H24N2O5/c1-11(2)14-15-12(17)10-13(16-14)21-9-8-20-7-6-19-5-4-18-3/h10-11H,4-9H2,1-3H3,(H,15,16,17). The molecule has 1 N–H and O–H groups in total. The Kier molecular flexibility index (Phi) is 8.65. The average molecular weight is 300 g/mol. The number of ether oxygens (including phenoxy) is 4. The second kappa shape index (κ2) is 10.3. The van der Waals surface area contributed by atoms with Crippen LogP contribution in [0.3, 0.4) is 0 Å². The van der Waals surface area contributed by atoms with Gasteiger partial charge in [-0.15, -0.1) is 0 Å². The third kappa shape index (κ3) is 7.79. The molecule has 0 aliphatic rings. The lowest BCUT2D eigenvalue weighted by Gasteiger charge is -2.09. The van der Waals surface area contributed by atoms with Gasteiger partial charge in [-0.25, -0.2) is 0 Å². The smallest absolute Gasteiger partial charge is 0.254 e. The molecule has 0 aromatic carbocycles. The van der Waals surface area contributed by atoms with Crippen molar-refractivity contribution in [2.45, 2.75) is 19.8 Å². The minimum Gasteiger partial charge on any atom is -0.475 e. The molecule has 7 nitrogen and oxygen atoms in total. The maximum absolute atomic E-state index is 11.4. The lowest BCUT2D eigenvalue weighted by atomic mass is 10.2. The Hall–Kier alpha value is -1.44. The third-order valence-electron chi connectivity index (χ3n) is 2.56. The van der Waals surface area contributed by atoms with Crippen LogP contribution in [0.1, 0.15) is 25.6 Å². The Bertz CT molecular complexity index is 447. The molecule has 0 unspecified atom stereocenters. The molecular weight excluding hydrogens is 276 g/mol. The van der Waals surface area contributed by atoms with E-state index in [1.807, 2.05) is 13.8 Å². The van der Waals surface area contributed by atoms with E-state index in [2.05, 4.69) is 9.97 Å². The van der Waals surface area contributed by atoms with Crippen molar-refractivity contribution < 1.29 is 18.9 Å². The number of H-pyrrole nitrogens is 1. The zero-order chi connectivity index (χ0) is 15.5. The highest BCUT2D eigenvalue weighted by Gasteiger charge is 2.05. The van der Waals surface area contributed by atoms with Crippen LogP contribution in [-0.4, -0.2) is 56.7 Å². The van der Waals surface area contributed by atoms with Crippen LogP contribution >= 0.6 is 0 Å². The zero-order valence-electron chi connectivity index (χ0n) is 12.9. The molecule has 0 bridgehead atoms. The molecule has 0 amide bonds. The summed E-state index contributed by atoms with van der Waals surface area (Å²) in [5.74, 6) is 1.08. The number of nitrogens with zero attached hydrogens (tertiary/aromatic N) is 1. The van der Waals surface area contributed by atoms with Gasteiger partial charge in [-0.3, -0.25) is 4.79 Å². The Morgan fingerprint density at radius 2 is 1.71 bits per heavy atom. The maximum Gasteiger partial charge on any atom is 0.254 e. The van der Waals surface area contributed by atoms with Crippen molar-refractivity contribution in [2.75, 3.05) is 46.8 Å². The van der Waals surface area contributed by atoms with Gasteiger partial charge in [0.1, 0.15) is 12.4 Å². The van der Waals surface area contributed by atoms with Crippen LogP contribution in [0.15, 0.2) is 10.9 Å². The van der Waals surface area contributed by atoms with Gasteiger partial charge in [-0.2, -0.15) is 4.98 Å². The fourth-order valence-corrected chi connectivity index (χ4v) is 1.47. The van der Waals surface area contributed by atoms with Crippen molar-refractivity contribution in [3.05, 3.63) is 22.2 Å². The molecule has 0 aliphatic carbocycles. The summed E-state index contributed by atoms with van der Waals surface area (Å²) >= 11 is 0. The van der Waals surface area contributed by atoms with E-state index in [1.54, 1.807) is 7.11 Å². The Morgan fingerprint density at radius 1 is 1.10 bits per heavy atom. The molecule has 1 heterocycles. The van der Waals surface area contributed by atoms with Crippen molar-refractivity contribution in [3.63, 3.8) is 0 Å². The van der Waals surface area contributed by atoms with Crippen molar-refractivity contribution in [3.8, 4) is 5.88 Å². The number of hydrogen-bond donors (Lipinski definition) is 1. The van der Waals surface area contributed by atoms with Gasteiger partial charge in [0.2, 0.25) is 5.88 Å². The van der Waals surface area contributed by atoms with Gasteiger partial charge in [-0.1, -0.05) is 13.8 Å². The van der Waals surface area contributed by atoms with E-state index < -0.39 is 0 Å². The predicted octanol–water partition coefficient (Wildman–Crippen LogP) is 0.952. The number of nitrogens with one attached hydrogen (secondary N) is 1. The lowest BCUT2D eigenvalue weighted by molar-refractivity contribution is 0.0176. The summed E-state index contributed by atoms with van der Waals surface area (Å²) in [4.78, 5) is 18.3. The van der Waals surface area contributed by atoms with E-state index in [0.717, 1.165) is 0 Å². The summed E-state index contributed by atoms with van der Waals surface area (Å²) < 4.78 is 20.8. The fourth-order valence-electron chi connectivity index (χ4n) is 1.47. The third-order valence-corrected chi connectivity index (χ3v) is 2.56. The summed E-state index contributed by atoms with van der Waals surface area (Å²) in [6, 6.07) is 1.33. The van der Waals surface area contributed by atoms with Gasteiger partial charge in [0.25, 0.3) is 5.56 Å². The largest absolute Gasteiger partial charge is 0.475 e. The minimum atomic E-state index is -0.212. The number of aromatic amines is 1. The molecule has 1 aromatic rings. The molecule has 1 rings (SSSR count). The summed E-state index contributed by atoms with van der Waals surface area (Å²) in [6.45, 7) is 6.81. The topological polar surface area (TPSA) is 82.7 Å². The molecule has 0 radical (unpaired) electrons. The summed E-state index contributed by atoms with van der Waals surface area (Å²) in [5, 5.41) is 0. The second-order valence-electron chi connectivity index (χ2n) is 4.69. The molecular formula is C14H24N2O5. The van der Waals surface area contributed by atoms with E-state index in [9.17, 15) is 4.79 Å². The van der Waals surface area contributed by atoms with E-state index in [-0.39, 0.29) is 11.5 Å². The summed E-state index contributed by atoms with van der Waals surface area (Å²) in [7, 11) is 1.63. The molecule has 1 aromatic heterocycles. The monoisotopic (exact) mass is 300 g/mol. The maximum atomic E-state index is 11.4. The number of hydrogen-bond acceptors (Lipinski definition) is 6. The lowest BCUT2D eigenvalue weighted by Crippen LogP contribution is -2.16. The molecule has 0 atom stereocenters. The second-order valence-corrected chi connectivity index (χ2v) is 4.69. The highest BCUT2D eigenvalue weighted by molar-refractivity contribution is 5.10. The van der Waals surface area contributed by atoms with Gasteiger partial charge >= 0.3 is 0 Å². The van der Waals surface area contributed by atoms with Crippen molar-refractivity contribution in [1.82, 2.24) is 9.97 Å². The van der Waals surface area contributed by atoms with Crippen molar-refractivity contribution >= 4 is 0 Å². The molecule has 0 saturated carbocycles. The van der Waals surface area contributed by atoms with Crippen LogP contribution in [0, 0.1) is 0 Å². The van der Waals surface area contributed by atoms with E-state index in [4.69, 9.17) is 18.9 Å². The fraction of sp³-hybridized carbons (Fsp3) is 0.714. The molecule has 21 heavy (non-hydrogen) atoms. The van der Waals surface area contributed by atoms with Crippen LogP contribution in [0.4, 0.5) is 0 Å². The first-order chi connectivity index (χ1) is 10.1. The molecule has 0 fully saturated rings. The van der Waals surface area contributed by atoms with Crippen LogP contribution in [0.5, 0.6) is 5.88 Å². The Labute approximate surface area is 124 Å². The van der Waals surface area contributed by atoms with Gasteiger partial charge in [0.15, 0.2) is 0 Å². The first-order valence-electron chi connectivity index (χ1n) is 7.02. The van der Waals surface area contributed by atoms with E-state index in [1.165, 1.54) is 6.07 Å². The van der Waals surface area contributed by atoms with E-state index >= 15 is 0 Å². The van der Waals surface area contributed by atoms with Crippen molar-refractivity contribution in [2.24, 2.45) is 0 Å². The number of methoxy groups -OCH3 is 1. The van der Waals surface area contributed by atoms with Crippen LogP contribution in [0.2, 0.25) is 0 Å². The summed E-state index contributed by atoms with van der Waals surface area (Å²) in [6.07, 6.45) is 0. The van der Waals surface area contributed by atoms with Crippen LogP contribution in [0.25, 0.3) is 0 Å². The summed E-state index contributed by atoms with van der Waals surface area (Å²) in [5.41, 5.74) is -0.212. The molecule has 0 saturated heterocycles. The first kappa shape index (κ1) is 17.6. The molecule has 7 heteroatoms. The number of aromatic nitrogens is 2. The van der Waals surface area contributed by atoms with E-state index in [0.29, 0.717) is 51.3 Å². The van der Waals surface area contributed by atoms with Gasteiger partial charge in [0, 0.05) is 13.0 Å². The SMILES string of the molecule is COCCOCCOCCOc1cc(=O)[nH]c(C(C)C)n1. The van der Waals surface area contributed by atoms with Crippen molar-refractivity contribution in [1.29, 1.82) is 0 Å². The van der Waals surface area contributed by atoms with Crippen LogP contribution < -0.4 is 10.3 Å². The minimum absolute atomic E-state index is 0.141. The molecule has 120 valence electrons. The van der Waals surface area contributed by atoms with Gasteiger partial charge in [-0.05, 0) is 0 Å². The first-order valence-corrected chi connectivity index (χ1v) is 7.02. The normalized spacial score (nSPS) is 11.0. The molecule has 0 spiro atoms. The Morgan fingerprint density at radius 3 is 2.33 bits per heavy atom. The van der Waals surface area contributed by atoms with Gasteiger partial charge < -0.3 is 23.9 Å². The number of rotatable bonds is 11. The highest BCUT2D eigenvalue weighted by Crippen LogP contribution is 2.10. The average Bonchev–Trinajstić information content (AvgIpc) is 2.45. The highest BCUT2D eigenvalue weighted by atomic mass is 16.6. The van der Waals surface area contributed by atoms with Crippen LogP contribution in [-0.2, 0) is 14.2 Å². The van der Waals surface area contributed by atoms with Gasteiger partial charge in [0.05, 0.1) is 39.1 Å². The quantitative estimate of drug-likeness (QED) is 0.613. The predicted molar refractivity (Wildman–Crippen MR) is 78.0 cm³/mol. The zero-order valence-corrected chi connectivity index (χ0v) is 12.9. The molecule has 0 aliphatic heterocycles.